The van der Waals surface area contributed by atoms with Crippen LogP contribution < -0.4 is 0 Å². The number of Topliss-reactive ketones (excluding diaryl/α,β-unsaturated/α-hetero) is 1. The molecule has 0 atom stereocenters. The topological polar surface area (TPSA) is 17.1 Å². The van der Waals surface area contributed by atoms with Crippen LogP contribution >= 0.6 is 11.6 Å². The Balaban J connectivity index is 2.48. The van der Waals surface area contributed by atoms with Crippen LogP contribution in [-0.4, -0.2) is 5.78 Å². The highest BCUT2D eigenvalue weighted by Crippen LogP contribution is 2.26. The molecule has 2 heteroatoms. The van der Waals surface area contributed by atoms with Gasteiger partial charge in [-0.15, -0.1) is 0 Å². The molecule has 2 rings (SSSR count). The molecule has 98 valence electrons. The van der Waals surface area contributed by atoms with E-state index < -0.39 is 0 Å². The highest BCUT2D eigenvalue weighted by molar-refractivity contribution is 6.31. The van der Waals surface area contributed by atoms with Gasteiger partial charge in [0, 0.05) is 10.6 Å². The minimum Gasteiger partial charge on any atom is -0.295 e. The van der Waals surface area contributed by atoms with Gasteiger partial charge in [-0.1, -0.05) is 41.9 Å². The third-order valence-electron chi connectivity index (χ3n) is 3.58. The minimum atomic E-state index is 0.0945. The summed E-state index contributed by atoms with van der Waals surface area (Å²) in [5, 5.41) is 0.765. The maximum atomic E-state index is 11.7. The predicted molar refractivity (Wildman–Crippen MR) is 80.2 cm³/mol. The summed E-state index contributed by atoms with van der Waals surface area (Å²) in [7, 11) is 0. The molecule has 0 N–H and O–H groups in total. The molecule has 0 saturated carbocycles. The van der Waals surface area contributed by atoms with E-state index in [9.17, 15) is 4.79 Å². The molecule has 0 amide bonds. The van der Waals surface area contributed by atoms with Crippen molar-refractivity contribution in [1.82, 2.24) is 0 Å². The summed E-state index contributed by atoms with van der Waals surface area (Å²) in [6.45, 7) is 5.75. The molecule has 0 spiro atoms. The molecule has 0 bridgehead atoms. The first-order valence-electron chi connectivity index (χ1n) is 6.34. The van der Waals surface area contributed by atoms with Crippen molar-refractivity contribution in [3.8, 4) is 0 Å². The van der Waals surface area contributed by atoms with Crippen LogP contribution in [0.4, 0.5) is 0 Å². The molecule has 2 aromatic rings. The maximum Gasteiger partial charge on any atom is 0.160 e. The first kappa shape index (κ1) is 13.8. The zero-order valence-electron chi connectivity index (χ0n) is 11.5. The van der Waals surface area contributed by atoms with E-state index in [0.29, 0.717) is 6.42 Å². The lowest BCUT2D eigenvalue weighted by Gasteiger charge is -2.13. The van der Waals surface area contributed by atoms with E-state index in [4.69, 9.17) is 11.6 Å². The van der Waals surface area contributed by atoms with Crippen LogP contribution in [0.1, 0.15) is 39.5 Å². The van der Waals surface area contributed by atoms with Gasteiger partial charge in [0.1, 0.15) is 0 Å². The van der Waals surface area contributed by atoms with E-state index >= 15 is 0 Å². The molecule has 1 nitrogen and oxygen atoms in total. The minimum absolute atomic E-state index is 0.0945. The SMILES string of the molecule is CC(=O)c1ccccc1Cc1c(Cl)ccc(C)c1C. The zero-order chi connectivity index (χ0) is 14.0. The van der Waals surface area contributed by atoms with E-state index in [1.54, 1.807) is 6.92 Å². The molecule has 0 radical (unpaired) electrons. The molecule has 0 aliphatic heterocycles. The van der Waals surface area contributed by atoms with Crippen LogP contribution in [0.15, 0.2) is 36.4 Å². The highest BCUT2D eigenvalue weighted by atomic mass is 35.5. The maximum absolute atomic E-state index is 11.7. The Bertz CT molecular complexity index is 629. The van der Waals surface area contributed by atoms with Crippen molar-refractivity contribution in [2.75, 3.05) is 0 Å². The number of carbonyl (C=O) groups excluding carboxylic acids is 1. The van der Waals surface area contributed by atoms with Crippen LogP contribution in [-0.2, 0) is 6.42 Å². The second-order valence-electron chi connectivity index (χ2n) is 4.86. The van der Waals surface area contributed by atoms with Crippen molar-refractivity contribution in [2.24, 2.45) is 0 Å². The summed E-state index contributed by atoms with van der Waals surface area (Å²) in [5.74, 6) is 0.0945. The third kappa shape index (κ3) is 2.87. The fourth-order valence-electron chi connectivity index (χ4n) is 2.27. The standard InChI is InChI=1S/C17H17ClO/c1-11-8-9-17(18)16(12(11)2)10-14-6-4-5-7-15(14)13(3)19/h4-9H,10H2,1-3H3. The molecule has 0 saturated heterocycles. The first-order chi connectivity index (χ1) is 9.00. The number of ketones is 1. The molecule has 0 aromatic heterocycles. The molecule has 19 heavy (non-hydrogen) atoms. The quantitative estimate of drug-likeness (QED) is 0.737. The van der Waals surface area contributed by atoms with Gasteiger partial charge in [0.05, 0.1) is 0 Å². The first-order valence-corrected chi connectivity index (χ1v) is 6.72. The molecule has 0 heterocycles. The normalized spacial score (nSPS) is 10.5. The molecular formula is C17H17ClO. The summed E-state index contributed by atoms with van der Waals surface area (Å²) in [4.78, 5) is 11.7. The van der Waals surface area contributed by atoms with E-state index in [-0.39, 0.29) is 5.78 Å². The van der Waals surface area contributed by atoms with Crippen molar-refractivity contribution in [3.63, 3.8) is 0 Å². The molecular weight excluding hydrogens is 256 g/mol. The Hall–Kier alpha value is -1.60. The lowest BCUT2D eigenvalue weighted by atomic mass is 9.93. The molecule has 0 aliphatic rings. The highest BCUT2D eigenvalue weighted by Gasteiger charge is 2.11. The zero-order valence-corrected chi connectivity index (χ0v) is 12.2. The van der Waals surface area contributed by atoms with Gasteiger partial charge in [0.15, 0.2) is 5.78 Å². The smallest absolute Gasteiger partial charge is 0.160 e. The van der Waals surface area contributed by atoms with Crippen LogP contribution in [0.3, 0.4) is 0 Å². The monoisotopic (exact) mass is 272 g/mol. The summed E-state index contributed by atoms with van der Waals surface area (Å²) in [6.07, 6.45) is 0.697. The number of carbonyl (C=O) groups is 1. The van der Waals surface area contributed by atoms with E-state index in [1.165, 1.54) is 11.1 Å². The second kappa shape index (κ2) is 5.58. The number of hydrogen-bond donors (Lipinski definition) is 0. The lowest BCUT2D eigenvalue weighted by molar-refractivity contribution is 0.101. The van der Waals surface area contributed by atoms with E-state index in [1.807, 2.05) is 36.4 Å². The number of aryl methyl sites for hydroxylation is 1. The van der Waals surface area contributed by atoms with E-state index in [2.05, 4.69) is 13.8 Å². The van der Waals surface area contributed by atoms with Gasteiger partial charge < -0.3 is 0 Å². The van der Waals surface area contributed by atoms with Crippen LogP contribution in [0.5, 0.6) is 0 Å². The number of hydrogen-bond acceptors (Lipinski definition) is 1. The molecule has 0 fully saturated rings. The van der Waals surface area contributed by atoms with Crippen molar-refractivity contribution >= 4 is 17.4 Å². The Morgan fingerprint density at radius 3 is 2.47 bits per heavy atom. The Morgan fingerprint density at radius 1 is 1.11 bits per heavy atom. The van der Waals surface area contributed by atoms with Gasteiger partial charge in [0.25, 0.3) is 0 Å². The summed E-state index contributed by atoms with van der Waals surface area (Å²) >= 11 is 6.30. The molecule has 2 aromatic carbocycles. The summed E-state index contributed by atoms with van der Waals surface area (Å²) in [5.41, 5.74) is 5.34. The Morgan fingerprint density at radius 2 is 1.79 bits per heavy atom. The van der Waals surface area contributed by atoms with Gasteiger partial charge in [-0.05, 0) is 55.5 Å². The van der Waals surface area contributed by atoms with Gasteiger partial charge in [0.2, 0.25) is 0 Å². The summed E-state index contributed by atoms with van der Waals surface area (Å²) < 4.78 is 0. The Kier molecular flexibility index (Phi) is 4.06. The molecule has 0 unspecified atom stereocenters. The number of benzene rings is 2. The van der Waals surface area contributed by atoms with Crippen molar-refractivity contribution in [3.05, 3.63) is 69.2 Å². The van der Waals surface area contributed by atoms with Crippen molar-refractivity contribution < 1.29 is 4.79 Å². The fourth-order valence-corrected chi connectivity index (χ4v) is 2.54. The average Bonchev–Trinajstić information content (AvgIpc) is 2.39. The Labute approximate surface area is 119 Å². The lowest BCUT2D eigenvalue weighted by Crippen LogP contribution is -2.02. The summed E-state index contributed by atoms with van der Waals surface area (Å²) in [6, 6.07) is 11.7. The van der Waals surface area contributed by atoms with Crippen molar-refractivity contribution in [2.45, 2.75) is 27.2 Å². The third-order valence-corrected chi connectivity index (χ3v) is 3.93. The predicted octanol–water partition coefficient (Wildman–Crippen LogP) is 4.75. The largest absolute Gasteiger partial charge is 0.295 e. The number of halogens is 1. The van der Waals surface area contributed by atoms with Crippen LogP contribution in [0.25, 0.3) is 0 Å². The van der Waals surface area contributed by atoms with Crippen LogP contribution in [0, 0.1) is 13.8 Å². The fraction of sp³-hybridized carbons (Fsp3) is 0.235. The van der Waals surface area contributed by atoms with Gasteiger partial charge >= 0.3 is 0 Å². The number of rotatable bonds is 3. The van der Waals surface area contributed by atoms with Crippen molar-refractivity contribution in [1.29, 1.82) is 0 Å². The van der Waals surface area contributed by atoms with E-state index in [0.717, 1.165) is 21.7 Å². The van der Waals surface area contributed by atoms with Gasteiger partial charge in [-0.3, -0.25) is 4.79 Å². The van der Waals surface area contributed by atoms with Crippen LogP contribution in [0.2, 0.25) is 5.02 Å². The van der Waals surface area contributed by atoms with Gasteiger partial charge in [-0.25, -0.2) is 0 Å². The second-order valence-corrected chi connectivity index (χ2v) is 5.27. The average molecular weight is 273 g/mol. The molecule has 0 aliphatic carbocycles. The van der Waals surface area contributed by atoms with Gasteiger partial charge in [-0.2, -0.15) is 0 Å².